The molecule has 0 radical (unpaired) electrons. The summed E-state index contributed by atoms with van der Waals surface area (Å²) in [6.07, 6.45) is 1.59. The lowest BCUT2D eigenvalue weighted by molar-refractivity contribution is -0.243. The van der Waals surface area contributed by atoms with E-state index in [1.807, 2.05) is 0 Å². The number of hydrogen-bond donors (Lipinski definition) is 4. The molecule has 0 aromatic heterocycles. The summed E-state index contributed by atoms with van der Waals surface area (Å²) in [4.78, 5) is 26.0. The van der Waals surface area contributed by atoms with Crippen molar-refractivity contribution in [2.45, 2.75) is 38.1 Å². The number of phenols is 4. The molecule has 0 amide bonds. The number of benzene rings is 2. The first kappa shape index (κ1) is 16.9. The minimum atomic E-state index is -0.908. The number of fused-ring (bicyclic) bond motifs is 6. The summed E-state index contributed by atoms with van der Waals surface area (Å²) in [6, 6.07) is 2.32. The van der Waals surface area contributed by atoms with E-state index in [1.165, 1.54) is 6.07 Å². The molecule has 0 saturated carbocycles. The van der Waals surface area contributed by atoms with Crippen molar-refractivity contribution in [3.05, 3.63) is 39.9 Å². The molecule has 2 bridgehead atoms. The lowest BCUT2D eigenvalue weighted by Gasteiger charge is -2.44. The zero-order chi connectivity index (χ0) is 20.0. The summed E-state index contributed by atoms with van der Waals surface area (Å²) >= 11 is 0. The SMILES string of the molecule is CC12CCCC(O1)c1c(cc3c(c1O)C(=O)c1c(cc(O)c(O)c1O)C3=O)O2. The van der Waals surface area contributed by atoms with Gasteiger partial charge in [-0.15, -0.1) is 0 Å². The van der Waals surface area contributed by atoms with Gasteiger partial charge in [-0.3, -0.25) is 9.59 Å². The fourth-order valence-electron chi connectivity index (χ4n) is 4.33. The highest BCUT2D eigenvalue weighted by molar-refractivity contribution is 6.31. The standard InChI is InChI=1S/C20H16O8/c1-20-4-2-3-10(27-20)14-11(28-20)6-8-12(18(14)25)17(24)13-7(15(8)22)5-9(21)16(23)19(13)26/h5-6,10,21,23,25-26H,2-4H2,1H3. The number of aromatic hydroxyl groups is 4. The smallest absolute Gasteiger partial charge is 0.208 e. The zero-order valence-corrected chi connectivity index (χ0v) is 14.8. The van der Waals surface area contributed by atoms with Crippen molar-refractivity contribution in [2.75, 3.05) is 0 Å². The Morgan fingerprint density at radius 3 is 2.39 bits per heavy atom. The second-order valence-electron chi connectivity index (χ2n) is 7.47. The van der Waals surface area contributed by atoms with Gasteiger partial charge < -0.3 is 29.9 Å². The summed E-state index contributed by atoms with van der Waals surface area (Å²) in [5.41, 5.74) is -0.805. The second kappa shape index (κ2) is 5.17. The first-order valence-electron chi connectivity index (χ1n) is 8.86. The number of phenolic OH excluding ortho intramolecular Hbond substituents is 4. The van der Waals surface area contributed by atoms with E-state index >= 15 is 0 Å². The Bertz CT molecular complexity index is 1100. The average Bonchev–Trinajstić information content (AvgIpc) is 2.62. The Morgan fingerprint density at radius 1 is 0.964 bits per heavy atom. The van der Waals surface area contributed by atoms with Crippen molar-refractivity contribution in [2.24, 2.45) is 0 Å². The molecular formula is C20H16O8. The van der Waals surface area contributed by atoms with Crippen LogP contribution < -0.4 is 4.74 Å². The van der Waals surface area contributed by atoms with Crippen LogP contribution in [0, 0.1) is 0 Å². The summed E-state index contributed by atoms with van der Waals surface area (Å²) in [7, 11) is 0. The van der Waals surface area contributed by atoms with Crippen molar-refractivity contribution in [1.29, 1.82) is 0 Å². The van der Waals surface area contributed by atoms with Gasteiger partial charge in [0, 0.05) is 24.5 Å². The first-order chi connectivity index (χ1) is 13.2. The molecule has 144 valence electrons. The van der Waals surface area contributed by atoms with Crippen LogP contribution in [-0.2, 0) is 4.74 Å². The van der Waals surface area contributed by atoms with E-state index in [0.717, 1.165) is 12.5 Å². The normalized spacial score (nSPS) is 24.8. The Labute approximate surface area is 158 Å². The average molecular weight is 384 g/mol. The predicted octanol–water partition coefficient (Wildman–Crippen LogP) is 2.63. The van der Waals surface area contributed by atoms with Crippen molar-refractivity contribution in [3.8, 4) is 28.7 Å². The Kier molecular flexibility index (Phi) is 3.12. The minimum Gasteiger partial charge on any atom is -0.507 e. The van der Waals surface area contributed by atoms with Gasteiger partial charge in [-0.2, -0.15) is 0 Å². The van der Waals surface area contributed by atoms with Crippen LogP contribution in [0.2, 0.25) is 0 Å². The number of ketones is 2. The highest BCUT2D eigenvalue weighted by Crippen LogP contribution is 2.53. The highest BCUT2D eigenvalue weighted by atomic mass is 16.7. The van der Waals surface area contributed by atoms with E-state index in [0.29, 0.717) is 18.4 Å². The molecule has 2 aromatic rings. The van der Waals surface area contributed by atoms with Crippen LogP contribution in [0.3, 0.4) is 0 Å². The van der Waals surface area contributed by atoms with E-state index in [2.05, 4.69) is 0 Å². The van der Waals surface area contributed by atoms with Crippen LogP contribution in [0.4, 0.5) is 0 Å². The molecule has 0 spiro atoms. The van der Waals surface area contributed by atoms with Gasteiger partial charge in [0.2, 0.25) is 17.3 Å². The molecule has 28 heavy (non-hydrogen) atoms. The fourth-order valence-corrected chi connectivity index (χ4v) is 4.33. The molecule has 8 nitrogen and oxygen atoms in total. The molecule has 1 fully saturated rings. The molecule has 1 aliphatic carbocycles. The van der Waals surface area contributed by atoms with Gasteiger partial charge in [-0.25, -0.2) is 0 Å². The summed E-state index contributed by atoms with van der Waals surface area (Å²) in [6.45, 7) is 1.78. The van der Waals surface area contributed by atoms with Gasteiger partial charge in [0.05, 0.1) is 22.8 Å². The Hall–Kier alpha value is -3.26. The maximum atomic E-state index is 13.0. The number of ether oxygens (including phenoxy) is 2. The predicted molar refractivity (Wildman–Crippen MR) is 93.1 cm³/mol. The lowest BCUT2D eigenvalue weighted by atomic mass is 9.80. The van der Waals surface area contributed by atoms with Crippen LogP contribution in [0.5, 0.6) is 28.7 Å². The summed E-state index contributed by atoms with van der Waals surface area (Å²) < 4.78 is 11.8. The third kappa shape index (κ3) is 1.98. The molecule has 2 heterocycles. The van der Waals surface area contributed by atoms with Gasteiger partial charge in [0.15, 0.2) is 17.3 Å². The Morgan fingerprint density at radius 2 is 1.64 bits per heavy atom. The molecule has 1 saturated heterocycles. The molecule has 4 N–H and O–H groups in total. The molecule has 2 atom stereocenters. The molecule has 2 aliphatic heterocycles. The largest absolute Gasteiger partial charge is 0.507 e. The van der Waals surface area contributed by atoms with E-state index in [1.54, 1.807) is 6.92 Å². The van der Waals surface area contributed by atoms with E-state index in [4.69, 9.17) is 9.47 Å². The molecule has 5 rings (SSSR count). The van der Waals surface area contributed by atoms with E-state index < -0.39 is 52.0 Å². The van der Waals surface area contributed by atoms with E-state index in [9.17, 15) is 30.0 Å². The fraction of sp³-hybridized carbons (Fsp3) is 0.300. The van der Waals surface area contributed by atoms with Crippen LogP contribution in [-0.4, -0.2) is 37.8 Å². The van der Waals surface area contributed by atoms with Gasteiger partial charge in [0.1, 0.15) is 11.5 Å². The molecule has 3 aliphatic rings. The van der Waals surface area contributed by atoms with Crippen LogP contribution >= 0.6 is 0 Å². The third-order valence-corrected chi connectivity index (χ3v) is 5.64. The van der Waals surface area contributed by atoms with Gasteiger partial charge in [-0.1, -0.05) is 0 Å². The van der Waals surface area contributed by atoms with Crippen molar-refractivity contribution in [1.82, 2.24) is 0 Å². The topological polar surface area (TPSA) is 134 Å². The van der Waals surface area contributed by atoms with Crippen molar-refractivity contribution in [3.63, 3.8) is 0 Å². The quantitative estimate of drug-likeness (QED) is 0.435. The van der Waals surface area contributed by atoms with Crippen LogP contribution in [0.1, 0.15) is 69.7 Å². The molecular weight excluding hydrogens is 368 g/mol. The maximum Gasteiger partial charge on any atom is 0.208 e. The number of carbonyl (C=O) groups excluding carboxylic acids is 2. The maximum absolute atomic E-state index is 13.0. The molecule has 2 aromatic carbocycles. The number of hydrogen-bond acceptors (Lipinski definition) is 8. The van der Waals surface area contributed by atoms with Crippen molar-refractivity contribution < 1.29 is 39.5 Å². The molecule has 2 unspecified atom stereocenters. The van der Waals surface area contributed by atoms with Crippen LogP contribution in [0.25, 0.3) is 0 Å². The lowest BCUT2D eigenvalue weighted by Crippen LogP contribution is -2.44. The van der Waals surface area contributed by atoms with Gasteiger partial charge in [-0.05, 0) is 25.0 Å². The van der Waals surface area contributed by atoms with E-state index in [-0.39, 0.29) is 22.4 Å². The molecule has 8 heteroatoms. The number of rotatable bonds is 0. The van der Waals surface area contributed by atoms with Gasteiger partial charge in [0.25, 0.3) is 0 Å². The number of carbonyl (C=O) groups is 2. The van der Waals surface area contributed by atoms with Gasteiger partial charge >= 0.3 is 0 Å². The highest BCUT2D eigenvalue weighted by Gasteiger charge is 2.46. The summed E-state index contributed by atoms with van der Waals surface area (Å²) in [5, 5.41) is 40.5. The first-order valence-corrected chi connectivity index (χ1v) is 8.86. The monoisotopic (exact) mass is 384 g/mol. The second-order valence-corrected chi connectivity index (χ2v) is 7.47. The van der Waals surface area contributed by atoms with Crippen LogP contribution in [0.15, 0.2) is 12.1 Å². The zero-order valence-electron chi connectivity index (χ0n) is 14.8. The summed E-state index contributed by atoms with van der Waals surface area (Å²) in [5.74, 6) is -5.10. The van der Waals surface area contributed by atoms with Crippen molar-refractivity contribution >= 4 is 11.6 Å². The Balaban J connectivity index is 1.78. The third-order valence-electron chi connectivity index (χ3n) is 5.64. The minimum absolute atomic E-state index is 0.0955.